The molecule has 0 atom stereocenters. The Kier molecular flexibility index (Phi) is 17.1. The molecule has 0 aliphatic rings. The zero-order valence-corrected chi connectivity index (χ0v) is 24.7. The number of ether oxygens (including phenoxy) is 1. The Morgan fingerprint density at radius 3 is 1.92 bits per heavy atom. The first-order valence-electron chi connectivity index (χ1n) is 13.5. The van der Waals surface area contributed by atoms with Crippen LogP contribution in [0.3, 0.4) is 0 Å². The summed E-state index contributed by atoms with van der Waals surface area (Å²) in [5.41, 5.74) is 1.39. The number of aromatic nitrogens is 1. The van der Waals surface area contributed by atoms with E-state index in [1.165, 1.54) is 82.5 Å². The summed E-state index contributed by atoms with van der Waals surface area (Å²) >= 11 is 0. The lowest BCUT2D eigenvalue weighted by molar-refractivity contribution is -0.672. The highest BCUT2D eigenvalue weighted by Crippen LogP contribution is 2.17. The largest absolute Gasteiger partial charge is 1.00 e. The molecular weight excluding hydrogens is 563 g/mol. The number of halogens is 1. The van der Waals surface area contributed by atoms with Gasteiger partial charge in [0.05, 0.1) is 13.2 Å². The Labute approximate surface area is 235 Å². The number of hydrogen-bond donors (Lipinski definition) is 0. The summed E-state index contributed by atoms with van der Waals surface area (Å²) in [7, 11) is 1.92. The number of nitrogens with zero attached hydrogens (tertiary/aromatic N) is 2. The van der Waals surface area contributed by atoms with E-state index in [4.69, 9.17) is 4.74 Å². The predicted octanol–water partition coefficient (Wildman–Crippen LogP) is 3.78. The smallest absolute Gasteiger partial charge is 0.260 e. The van der Waals surface area contributed by atoms with Gasteiger partial charge < -0.3 is 28.7 Å². The molecular formula is C30H45IN2O3. The lowest BCUT2D eigenvalue weighted by Gasteiger charge is -2.19. The first-order valence-corrected chi connectivity index (χ1v) is 13.5. The molecule has 0 radical (unpaired) electrons. The van der Waals surface area contributed by atoms with Crippen LogP contribution >= 0.6 is 0 Å². The van der Waals surface area contributed by atoms with Gasteiger partial charge in [0, 0.05) is 24.1 Å². The molecule has 0 N–H and O–H groups in total. The number of amides is 2. The van der Waals surface area contributed by atoms with Crippen LogP contribution in [0, 0.1) is 0 Å². The minimum absolute atomic E-state index is 0. The van der Waals surface area contributed by atoms with Crippen molar-refractivity contribution in [1.82, 2.24) is 4.90 Å². The molecule has 1 aromatic carbocycles. The van der Waals surface area contributed by atoms with Crippen LogP contribution in [0.15, 0.2) is 48.8 Å². The number of imide groups is 1. The van der Waals surface area contributed by atoms with Gasteiger partial charge in [-0.1, -0.05) is 77.6 Å². The van der Waals surface area contributed by atoms with Gasteiger partial charge in [0.1, 0.15) is 12.8 Å². The fourth-order valence-corrected chi connectivity index (χ4v) is 4.23. The highest BCUT2D eigenvalue weighted by Gasteiger charge is 2.21. The number of rotatable bonds is 17. The third-order valence-corrected chi connectivity index (χ3v) is 6.33. The Balaban J connectivity index is 0.00000648. The van der Waals surface area contributed by atoms with Crippen molar-refractivity contribution in [3.8, 4) is 5.75 Å². The van der Waals surface area contributed by atoms with Crippen LogP contribution in [0.4, 0.5) is 0 Å². The highest BCUT2D eigenvalue weighted by atomic mass is 127. The van der Waals surface area contributed by atoms with Gasteiger partial charge in [0.25, 0.3) is 5.91 Å². The van der Waals surface area contributed by atoms with Crippen LogP contribution in [0.2, 0.25) is 0 Å². The fourth-order valence-electron chi connectivity index (χ4n) is 4.23. The number of carbonyl (C=O) groups is 2. The van der Waals surface area contributed by atoms with E-state index < -0.39 is 0 Å². The predicted molar refractivity (Wildman–Crippen MR) is 141 cm³/mol. The van der Waals surface area contributed by atoms with Gasteiger partial charge in [0.15, 0.2) is 12.4 Å². The van der Waals surface area contributed by atoms with Crippen LogP contribution in [-0.2, 0) is 18.4 Å². The lowest BCUT2D eigenvalue weighted by Crippen LogP contribution is -3.00. The topological polar surface area (TPSA) is 50.5 Å². The average molecular weight is 609 g/mol. The monoisotopic (exact) mass is 608 g/mol. The highest BCUT2D eigenvalue weighted by molar-refractivity contribution is 6.04. The number of hydrogen-bond acceptors (Lipinski definition) is 3. The Morgan fingerprint density at radius 1 is 0.833 bits per heavy atom. The maximum atomic E-state index is 12.9. The first kappa shape index (κ1) is 32.1. The van der Waals surface area contributed by atoms with Gasteiger partial charge in [-0.05, 0) is 36.8 Å². The Hall–Kier alpha value is -1.96. The molecule has 2 aromatic rings. The number of unbranched alkanes of at least 4 members (excludes halogenated alkanes) is 11. The van der Waals surface area contributed by atoms with Crippen molar-refractivity contribution in [2.24, 2.45) is 7.05 Å². The third kappa shape index (κ3) is 12.8. The van der Waals surface area contributed by atoms with E-state index in [9.17, 15) is 9.59 Å². The summed E-state index contributed by atoms with van der Waals surface area (Å²) in [5, 5.41) is 0. The van der Waals surface area contributed by atoms with Crippen molar-refractivity contribution in [1.29, 1.82) is 0 Å². The number of carbonyl (C=O) groups excluding carboxylic acids is 2. The molecule has 36 heavy (non-hydrogen) atoms. The SMILES string of the molecule is CCCCCCCCCCCCCCOc1ccc(C(=O)N(Cc2ccc[n+](C)c2)C(C)=O)cc1.[I-]. The van der Waals surface area contributed by atoms with Crippen LogP contribution in [0.5, 0.6) is 5.75 Å². The second kappa shape index (κ2) is 19.2. The third-order valence-electron chi connectivity index (χ3n) is 6.33. The maximum Gasteiger partial charge on any atom is 0.260 e. The van der Waals surface area contributed by atoms with E-state index in [1.807, 2.05) is 48.3 Å². The summed E-state index contributed by atoms with van der Waals surface area (Å²) in [4.78, 5) is 26.3. The molecule has 0 saturated carbocycles. The zero-order chi connectivity index (χ0) is 25.3. The summed E-state index contributed by atoms with van der Waals surface area (Å²) in [6, 6.07) is 10.9. The van der Waals surface area contributed by atoms with Crippen molar-refractivity contribution in [2.75, 3.05) is 6.61 Å². The molecule has 0 spiro atoms. The number of benzene rings is 1. The van der Waals surface area contributed by atoms with Crippen molar-refractivity contribution in [3.63, 3.8) is 0 Å². The summed E-state index contributed by atoms with van der Waals surface area (Å²) in [6.45, 7) is 4.63. The molecule has 2 amide bonds. The maximum absolute atomic E-state index is 12.9. The van der Waals surface area contributed by atoms with Crippen molar-refractivity contribution < 1.29 is 42.9 Å². The van der Waals surface area contributed by atoms with Crippen LogP contribution in [-0.4, -0.2) is 23.3 Å². The summed E-state index contributed by atoms with van der Waals surface area (Å²) in [5.74, 6) is 0.194. The summed E-state index contributed by atoms with van der Waals surface area (Å²) < 4.78 is 7.76. The number of pyridine rings is 1. The second-order valence-electron chi connectivity index (χ2n) is 9.55. The molecule has 5 nitrogen and oxygen atoms in total. The van der Waals surface area contributed by atoms with Crippen molar-refractivity contribution >= 4 is 11.8 Å². The molecule has 200 valence electrons. The molecule has 6 heteroatoms. The minimum Gasteiger partial charge on any atom is -1.00 e. The fraction of sp³-hybridized carbons (Fsp3) is 0.567. The quantitative estimate of drug-likeness (QED) is 0.156. The van der Waals surface area contributed by atoms with Gasteiger partial charge in [-0.2, -0.15) is 0 Å². The van der Waals surface area contributed by atoms with Crippen LogP contribution in [0.25, 0.3) is 0 Å². The van der Waals surface area contributed by atoms with E-state index in [-0.39, 0.29) is 42.3 Å². The Morgan fingerprint density at radius 2 is 1.39 bits per heavy atom. The van der Waals surface area contributed by atoms with Crippen molar-refractivity contribution in [2.45, 2.75) is 97.4 Å². The van der Waals surface area contributed by atoms with Gasteiger partial charge in [-0.3, -0.25) is 14.5 Å². The lowest BCUT2D eigenvalue weighted by atomic mass is 10.1. The molecule has 0 saturated heterocycles. The van der Waals surface area contributed by atoms with E-state index in [2.05, 4.69) is 6.92 Å². The van der Waals surface area contributed by atoms with E-state index in [0.29, 0.717) is 12.2 Å². The van der Waals surface area contributed by atoms with Gasteiger partial charge in [-0.25, -0.2) is 4.57 Å². The van der Waals surface area contributed by atoms with Gasteiger partial charge in [-0.15, -0.1) is 0 Å². The Bertz CT molecular complexity index is 886. The van der Waals surface area contributed by atoms with E-state index >= 15 is 0 Å². The molecule has 0 unspecified atom stereocenters. The van der Waals surface area contributed by atoms with Gasteiger partial charge >= 0.3 is 0 Å². The van der Waals surface area contributed by atoms with Crippen molar-refractivity contribution in [3.05, 3.63) is 59.9 Å². The average Bonchev–Trinajstić information content (AvgIpc) is 2.85. The zero-order valence-electron chi connectivity index (χ0n) is 22.5. The standard InChI is InChI=1S/C30H45N2O3.HI/c1-4-5-6-7-8-9-10-11-12-13-14-15-23-35-29-20-18-28(19-21-29)30(34)32(26(2)33)25-27-17-16-22-31(3)24-27;/h16-22,24H,4-15,23,25H2,1-3H3;1H/q+1;/p-1. The molecule has 0 aliphatic heterocycles. The molecule has 1 aromatic heterocycles. The number of aryl methyl sites for hydroxylation is 1. The second-order valence-corrected chi connectivity index (χ2v) is 9.55. The molecule has 1 heterocycles. The minimum atomic E-state index is -0.295. The summed E-state index contributed by atoms with van der Waals surface area (Å²) in [6.07, 6.45) is 19.7. The molecule has 0 bridgehead atoms. The van der Waals surface area contributed by atoms with Gasteiger partial charge in [0.2, 0.25) is 5.91 Å². The van der Waals surface area contributed by atoms with Crippen LogP contribution < -0.4 is 33.3 Å². The van der Waals surface area contributed by atoms with E-state index in [0.717, 1.165) is 17.7 Å². The van der Waals surface area contributed by atoms with E-state index in [1.54, 1.807) is 12.1 Å². The molecule has 0 fully saturated rings. The normalized spacial score (nSPS) is 10.5. The molecule has 0 aliphatic carbocycles. The molecule has 2 rings (SSSR count). The first-order chi connectivity index (χ1) is 17.0. The van der Waals surface area contributed by atoms with Crippen LogP contribution in [0.1, 0.15) is 107 Å².